The maximum absolute atomic E-state index is 13.0. The quantitative estimate of drug-likeness (QED) is 0.330. The molecule has 0 saturated heterocycles. The number of hydrogen-bond acceptors (Lipinski definition) is 8. The van der Waals surface area contributed by atoms with Crippen LogP contribution in [0.5, 0.6) is 0 Å². The summed E-state index contributed by atoms with van der Waals surface area (Å²) in [6.07, 6.45) is -1.36. The summed E-state index contributed by atoms with van der Waals surface area (Å²) < 4.78 is 10.4. The van der Waals surface area contributed by atoms with Crippen molar-refractivity contribution in [3.8, 4) is 0 Å². The van der Waals surface area contributed by atoms with Crippen molar-refractivity contribution in [1.82, 2.24) is 10.3 Å². The maximum atomic E-state index is 13.0. The van der Waals surface area contributed by atoms with E-state index in [1.165, 1.54) is 6.07 Å². The Hall–Kier alpha value is -4.41. The standard InChI is InChI=1S/C25H28N4O7/c1-14(2)26-24-28-19-12-17(11-15(3)21(19)23(33)36-24)27-22(32)18(9-10-20(30)31)29-25(34)35-13-16-7-5-4-6-8-16/h4-8,11-12,14,18H,9-10,13H2,1-3H3,(H,26,28)(H,27,32)(H,29,34)(H,30,31)/t18-/m0/s1. The van der Waals surface area contributed by atoms with E-state index < -0.39 is 29.6 Å². The van der Waals surface area contributed by atoms with Gasteiger partial charge in [0.05, 0.1) is 10.9 Å². The average molecular weight is 497 g/mol. The lowest BCUT2D eigenvalue weighted by molar-refractivity contribution is -0.137. The summed E-state index contributed by atoms with van der Waals surface area (Å²) in [5.41, 5.74) is 1.34. The fourth-order valence-electron chi connectivity index (χ4n) is 3.45. The molecule has 2 aromatic carbocycles. The minimum Gasteiger partial charge on any atom is -0.481 e. The molecule has 2 amide bonds. The number of carboxylic acids is 1. The zero-order valence-corrected chi connectivity index (χ0v) is 20.2. The van der Waals surface area contributed by atoms with Crippen molar-refractivity contribution in [3.63, 3.8) is 0 Å². The number of nitrogens with one attached hydrogen (secondary N) is 3. The third kappa shape index (κ3) is 7.29. The highest BCUT2D eigenvalue weighted by Gasteiger charge is 2.23. The third-order valence-corrected chi connectivity index (χ3v) is 5.08. The minimum absolute atomic E-state index is 0.00912. The highest BCUT2D eigenvalue weighted by atomic mass is 16.5. The second-order valence-corrected chi connectivity index (χ2v) is 8.47. The first-order valence-corrected chi connectivity index (χ1v) is 11.3. The summed E-state index contributed by atoms with van der Waals surface area (Å²) in [4.78, 5) is 53.1. The molecule has 1 aromatic heterocycles. The van der Waals surface area contributed by atoms with Gasteiger partial charge in [-0.3, -0.25) is 9.59 Å². The summed E-state index contributed by atoms with van der Waals surface area (Å²) in [7, 11) is 0. The number of aromatic nitrogens is 1. The molecule has 3 rings (SSSR count). The van der Waals surface area contributed by atoms with Crippen LogP contribution in [-0.4, -0.2) is 40.1 Å². The summed E-state index contributed by atoms with van der Waals surface area (Å²) in [5, 5.41) is 17.3. The second-order valence-electron chi connectivity index (χ2n) is 8.47. The van der Waals surface area contributed by atoms with Crippen LogP contribution in [0, 0.1) is 6.92 Å². The monoisotopic (exact) mass is 496 g/mol. The number of rotatable bonds is 10. The Kier molecular flexibility index (Phi) is 8.61. The van der Waals surface area contributed by atoms with Gasteiger partial charge in [0.1, 0.15) is 12.6 Å². The van der Waals surface area contributed by atoms with E-state index in [-0.39, 0.29) is 36.9 Å². The number of fused-ring (bicyclic) bond motifs is 1. The normalized spacial score (nSPS) is 11.7. The first-order valence-electron chi connectivity index (χ1n) is 11.3. The topological polar surface area (TPSA) is 160 Å². The molecule has 190 valence electrons. The van der Waals surface area contributed by atoms with Crippen LogP contribution in [0.1, 0.15) is 37.8 Å². The van der Waals surface area contributed by atoms with E-state index in [0.29, 0.717) is 16.8 Å². The largest absolute Gasteiger partial charge is 0.481 e. The molecule has 4 N–H and O–H groups in total. The van der Waals surface area contributed by atoms with Crippen LogP contribution in [-0.2, 0) is 20.9 Å². The number of anilines is 2. The minimum atomic E-state index is -1.17. The lowest BCUT2D eigenvalue weighted by atomic mass is 10.1. The first-order chi connectivity index (χ1) is 17.1. The SMILES string of the molecule is Cc1cc(NC(=O)[C@H](CCC(=O)O)NC(=O)OCc2ccccc2)cc2nc(NC(C)C)oc(=O)c12. The Morgan fingerprint density at radius 2 is 1.86 bits per heavy atom. The second kappa shape index (κ2) is 11.8. The van der Waals surface area contributed by atoms with Gasteiger partial charge in [-0.05, 0) is 50.5 Å². The Labute approximate surface area is 206 Å². The number of aliphatic carboxylic acids is 1. The predicted octanol–water partition coefficient (Wildman–Crippen LogP) is 3.42. The van der Waals surface area contributed by atoms with Crippen LogP contribution < -0.4 is 21.6 Å². The summed E-state index contributed by atoms with van der Waals surface area (Å²) >= 11 is 0. The molecule has 11 heteroatoms. The van der Waals surface area contributed by atoms with Gasteiger partial charge >= 0.3 is 17.7 Å². The molecule has 0 aliphatic rings. The molecule has 0 saturated carbocycles. The highest BCUT2D eigenvalue weighted by molar-refractivity contribution is 5.98. The van der Waals surface area contributed by atoms with Crippen molar-refractivity contribution >= 4 is 40.6 Å². The van der Waals surface area contributed by atoms with Gasteiger partial charge in [-0.2, -0.15) is 4.98 Å². The number of carboxylic acid groups (broad SMARTS) is 1. The van der Waals surface area contributed by atoms with E-state index in [2.05, 4.69) is 20.9 Å². The van der Waals surface area contributed by atoms with Crippen molar-refractivity contribution in [2.24, 2.45) is 0 Å². The van der Waals surface area contributed by atoms with Gasteiger partial charge in [0.2, 0.25) is 5.91 Å². The number of nitrogens with zero attached hydrogens (tertiary/aromatic N) is 1. The zero-order chi connectivity index (χ0) is 26.2. The van der Waals surface area contributed by atoms with Crippen molar-refractivity contribution in [2.45, 2.75) is 52.3 Å². The van der Waals surface area contributed by atoms with Crippen LogP contribution in [0.15, 0.2) is 51.7 Å². The Morgan fingerprint density at radius 1 is 1.14 bits per heavy atom. The van der Waals surface area contributed by atoms with Crippen LogP contribution in [0.4, 0.5) is 16.5 Å². The predicted molar refractivity (Wildman–Crippen MR) is 133 cm³/mol. The molecule has 0 aliphatic heterocycles. The number of benzene rings is 2. The molecule has 36 heavy (non-hydrogen) atoms. The van der Waals surface area contributed by atoms with Crippen molar-refractivity contribution in [1.29, 1.82) is 0 Å². The molecule has 3 aromatic rings. The molecule has 11 nitrogen and oxygen atoms in total. The molecule has 1 heterocycles. The van der Waals surface area contributed by atoms with Crippen LogP contribution in [0.3, 0.4) is 0 Å². The first kappa shape index (κ1) is 26.2. The fraction of sp³-hybridized carbons (Fsp3) is 0.320. The van der Waals surface area contributed by atoms with E-state index in [1.54, 1.807) is 37.3 Å². The van der Waals surface area contributed by atoms with E-state index in [9.17, 15) is 19.2 Å². The third-order valence-electron chi connectivity index (χ3n) is 5.08. The van der Waals surface area contributed by atoms with E-state index >= 15 is 0 Å². The molecule has 0 fully saturated rings. The van der Waals surface area contributed by atoms with Gasteiger partial charge in [-0.15, -0.1) is 0 Å². The van der Waals surface area contributed by atoms with Gasteiger partial charge in [-0.1, -0.05) is 30.3 Å². The number of ether oxygens (including phenoxy) is 1. The smallest absolute Gasteiger partial charge is 0.408 e. The molecular weight excluding hydrogens is 468 g/mol. The fourth-order valence-corrected chi connectivity index (χ4v) is 3.45. The van der Waals surface area contributed by atoms with Crippen molar-refractivity contribution in [3.05, 3.63) is 64.0 Å². The summed E-state index contributed by atoms with van der Waals surface area (Å²) in [5.74, 6) is -1.76. The highest BCUT2D eigenvalue weighted by Crippen LogP contribution is 2.22. The van der Waals surface area contributed by atoms with Gasteiger partial charge in [0, 0.05) is 18.2 Å². The molecule has 0 unspecified atom stereocenters. The van der Waals surface area contributed by atoms with E-state index in [4.69, 9.17) is 14.3 Å². The number of carbonyl (C=O) groups excluding carboxylic acids is 2. The Bertz CT molecular complexity index is 1310. The van der Waals surface area contributed by atoms with Gasteiger partial charge in [0.25, 0.3) is 6.01 Å². The van der Waals surface area contributed by atoms with Crippen LogP contribution in [0.2, 0.25) is 0 Å². The zero-order valence-electron chi connectivity index (χ0n) is 20.2. The lowest BCUT2D eigenvalue weighted by Gasteiger charge is -2.18. The van der Waals surface area contributed by atoms with Crippen LogP contribution in [0.25, 0.3) is 10.9 Å². The number of alkyl carbamates (subject to hydrolysis) is 1. The van der Waals surface area contributed by atoms with E-state index in [0.717, 1.165) is 5.56 Å². The number of carbonyl (C=O) groups is 3. The van der Waals surface area contributed by atoms with Gasteiger partial charge in [0.15, 0.2) is 0 Å². The van der Waals surface area contributed by atoms with Gasteiger partial charge in [-0.25, -0.2) is 9.59 Å². The molecule has 0 spiro atoms. The molecule has 0 aliphatic carbocycles. The summed E-state index contributed by atoms with van der Waals surface area (Å²) in [6.45, 7) is 5.39. The molecule has 1 atom stereocenters. The average Bonchev–Trinajstić information content (AvgIpc) is 2.80. The molecule has 0 bridgehead atoms. The van der Waals surface area contributed by atoms with Crippen LogP contribution >= 0.6 is 0 Å². The maximum Gasteiger partial charge on any atom is 0.408 e. The Balaban J connectivity index is 1.77. The van der Waals surface area contributed by atoms with E-state index in [1.807, 2.05) is 19.9 Å². The summed E-state index contributed by atoms with van der Waals surface area (Å²) in [6, 6.07) is 10.9. The Morgan fingerprint density at radius 3 is 2.53 bits per heavy atom. The molecular formula is C25H28N4O7. The number of hydrogen-bond donors (Lipinski definition) is 4. The molecule has 0 radical (unpaired) electrons. The van der Waals surface area contributed by atoms with Crippen molar-refractivity contribution < 1.29 is 28.6 Å². The lowest BCUT2D eigenvalue weighted by Crippen LogP contribution is -2.44. The van der Waals surface area contributed by atoms with Gasteiger partial charge < -0.3 is 30.2 Å². The van der Waals surface area contributed by atoms with Crippen molar-refractivity contribution in [2.75, 3.05) is 10.6 Å². The number of aryl methyl sites for hydroxylation is 1. The number of amides is 2.